The number of nitrogens with zero attached hydrogens (tertiary/aromatic N) is 5. The number of amides is 3. The SMILES string of the molecule is Cc1ccc(OCCC(F)(F)F)c(N2C(=O)C(Cl)S/C2=N\C(=O)Nc2ccc(-c3ncn(-c4ccc(OC(F)(F)F)cc4)n3)cc2F)c1. The van der Waals surface area contributed by atoms with Crippen LogP contribution in [0.25, 0.3) is 17.1 Å². The summed E-state index contributed by atoms with van der Waals surface area (Å²) in [4.78, 5) is 34.7. The maximum Gasteiger partial charge on any atom is 0.573 e. The number of hydrogen-bond donors (Lipinski definition) is 1. The Kier molecular flexibility index (Phi) is 9.86. The molecular weight excluding hydrogens is 697 g/mol. The molecule has 0 radical (unpaired) electrons. The van der Waals surface area contributed by atoms with Crippen molar-refractivity contribution in [3.05, 3.63) is 78.4 Å². The average molecular weight is 717 g/mol. The molecule has 1 aliphatic rings. The van der Waals surface area contributed by atoms with Gasteiger partial charge in [-0.2, -0.15) is 18.2 Å². The van der Waals surface area contributed by atoms with Crippen molar-refractivity contribution in [2.75, 3.05) is 16.8 Å². The number of aryl methyl sites for hydroxylation is 1. The van der Waals surface area contributed by atoms with E-state index >= 15 is 4.39 Å². The second-order valence-corrected chi connectivity index (χ2v) is 11.6. The van der Waals surface area contributed by atoms with Gasteiger partial charge in [0, 0.05) is 5.56 Å². The van der Waals surface area contributed by atoms with Crippen molar-refractivity contribution >= 4 is 51.8 Å². The van der Waals surface area contributed by atoms with Gasteiger partial charge in [-0.25, -0.2) is 18.9 Å². The molecule has 0 spiro atoms. The standard InChI is InChI=1S/C29H20ClF7N6O4S/c1-15-2-9-22(46-11-10-28(32,33)34)21(12-15)43-25(44)23(30)48-27(43)40-26(45)39-20-8-3-16(13-19(20)31)24-38-14-42(41-24)17-4-6-18(7-5-17)47-29(35,36)37/h2-9,12-14,23H,10-11H2,1H3,(H,39,45)/b40-27-. The van der Waals surface area contributed by atoms with Crippen LogP contribution in [0, 0.1) is 12.7 Å². The summed E-state index contributed by atoms with van der Waals surface area (Å²) in [6.45, 7) is 0.935. The highest BCUT2D eigenvalue weighted by Gasteiger charge is 2.40. The predicted molar refractivity (Wildman–Crippen MR) is 162 cm³/mol. The van der Waals surface area contributed by atoms with Crippen LogP contribution in [0.15, 0.2) is 72.0 Å². The lowest BCUT2D eigenvalue weighted by Gasteiger charge is -2.21. The van der Waals surface area contributed by atoms with E-state index in [-0.39, 0.29) is 33.7 Å². The van der Waals surface area contributed by atoms with Gasteiger partial charge in [-0.05, 0) is 67.1 Å². The van der Waals surface area contributed by atoms with Gasteiger partial charge in [0.1, 0.15) is 23.6 Å². The Labute approximate surface area is 275 Å². The molecule has 3 aromatic carbocycles. The largest absolute Gasteiger partial charge is 0.573 e. The van der Waals surface area contributed by atoms with E-state index in [0.29, 0.717) is 23.0 Å². The number of nitrogens with one attached hydrogen (secondary N) is 1. The molecule has 1 atom stereocenters. The van der Waals surface area contributed by atoms with Crippen LogP contribution in [-0.4, -0.2) is 55.7 Å². The molecular formula is C29H20ClF7N6O4S. The van der Waals surface area contributed by atoms with Crippen LogP contribution in [0.3, 0.4) is 0 Å². The third kappa shape index (κ3) is 8.54. The molecule has 1 saturated heterocycles. The summed E-state index contributed by atoms with van der Waals surface area (Å²) in [7, 11) is 0. The molecule has 1 aromatic heterocycles. The number of carbonyl (C=O) groups is 2. The van der Waals surface area contributed by atoms with Crippen LogP contribution >= 0.6 is 23.4 Å². The maximum atomic E-state index is 15.1. The molecule has 19 heteroatoms. The minimum Gasteiger partial charge on any atom is -0.491 e. The lowest BCUT2D eigenvalue weighted by molar-refractivity contribution is -0.274. The van der Waals surface area contributed by atoms with Crippen LogP contribution in [0.4, 0.5) is 46.9 Å². The van der Waals surface area contributed by atoms with Gasteiger partial charge in [-0.3, -0.25) is 9.69 Å². The second kappa shape index (κ2) is 13.7. The van der Waals surface area contributed by atoms with Crippen LogP contribution in [0.2, 0.25) is 0 Å². The molecule has 0 bridgehead atoms. The second-order valence-electron chi connectivity index (χ2n) is 9.87. The number of alkyl halides is 7. The number of hydrogen-bond acceptors (Lipinski definition) is 7. The van der Waals surface area contributed by atoms with Crippen LogP contribution in [-0.2, 0) is 4.79 Å². The number of carbonyl (C=O) groups excluding carboxylic acids is 2. The minimum absolute atomic E-state index is 0.0115. The predicted octanol–water partition coefficient (Wildman–Crippen LogP) is 7.84. The Balaban J connectivity index is 1.31. The number of aliphatic imine (C=N–C) groups is 1. The van der Waals surface area contributed by atoms with Crippen molar-refractivity contribution in [1.29, 1.82) is 0 Å². The normalized spacial score (nSPS) is 16.0. The van der Waals surface area contributed by atoms with Crippen LogP contribution in [0.5, 0.6) is 11.5 Å². The van der Waals surface area contributed by atoms with Gasteiger partial charge < -0.3 is 14.8 Å². The molecule has 1 N–H and O–H groups in total. The van der Waals surface area contributed by atoms with E-state index in [1.807, 2.05) is 0 Å². The molecule has 4 aromatic rings. The first-order valence-corrected chi connectivity index (χ1v) is 14.8. The molecule has 2 heterocycles. The monoisotopic (exact) mass is 716 g/mol. The van der Waals surface area contributed by atoms with E-state index in [2.05, 4.69) is 25.1 Å². The Morgan fingerprint density at radius 2 is 1.79 bits per heavy atom. The van der Waals surface area contributed by atoms with E-state index in [1.165, 1.54) is 47.4 Å². The van der Waals surface area contributed by atoms with Crippen molar-refractivity contribution in [2.24, 2.45) is 4.99 Å². The number of ether oxygens (including phenoxy) is 2. The topological polar surface area (TPSA) is 111 Å². The van der Waals surface area contributed by atoms with Crippen LogP contribution < -0.4 is 19.7 Å². The molecule has 0 aliphatic carbocycles. The highest BCUT2D eigenvalue weighted by molar-refractivity contribution is 8.17. The first-order chi connectivity index (χ1) is 22.6. The molecule has 252 valence electrons. The van der Waals surface area contributed by atoms with E-state index in [0.717, 1.165) is 23.1 Å². The zero-order chi connectivity index (χ0) is 34.8. The quantitative estimate of drug-likeness (QED) is 0.146. The number of urea groups is 1. The summed E-state index contributed by atoms with van der Waals surface area (Å²) < 4.78 is 99.5. The Hall–Kier alpha value is -4.84. The van der Waals surface area contributed by atoms with E-state index in [1.54, 1.807) is 13.0 Å². The van der Waals surface area contributed by atoms with E-state index in [9.17, 15) is 35.9 Å². The summed E-state index contributed by atoms with van der Waals surface area (Å²) in [5, 5.41) is 6.23. The molecule has 48 heavy (non-hydrogen) atoms. The number of amidine groups is 1. The van der Waals surface area contributed by atoms with Crippen molar-refractivity contribution < 1.29 is 49.8 Å². The van der Waals surface area contributed by atoms with E-state index < -0.39 is 53.8 Å². The number of rotatable bonds is 8. The average Bonchev–Trinajstić information content (AvgIpc) is 3.58. The molecule has 1 unspecified atom stereocenters. The van der Waals surface area contributed by atoms with Gasteiger partial charge in [0.25, 0.3) is 5.91 Å². The number of thioether (sulfide) groups is 1. The smallest absolute Gasteiger partial charge is 0.491 e. The molecule has 1 fully saturated rings. The molecule has 3 amide bonds. The summed E-state index contributed by atoms with van der Waals surface area (Å²) in [5.74, 6) is -2.10. The number of anilines is 2. The molecule has 1 aliphatic heterocycles. The third-order valence-corrected chi connectivity index (χ3v) is 7.65. The fraction of sp³-hybridized carbons (Fsp3) is 0.207. The molecule has 10 nitrogen and oxygen atoms in total. The van der Waals surface area contributed by atoms with Gasteiger partial charge in [-0.15, -0.1) is 18.3 Å². The van der Waals surface area contributed by atoms with Crippen molar-refractivity contribution in [2.45, 2.75) is 30.6 Å². The maximum absolute atomic E-state index is 15.1. The van der Waals surface area contributed by atoms with Crippen molar-refractivity contribution in [1.82, 2.24) is 14.8 Å². The first kappa shape index (κ1) is 34.5. The van der Waals surface area contributed by atoms with Gasteiger partial charge >= 0.3 is 18.6 Å². The summed E-state index contributed by atoms with van der Waals surface area (Å²) >= 11 is 6.81. The number of halogens is 8. The van der Waals surface area contributed by atoms with Gasteiger partial charge in [-0.1, -0.05) is 29.4 Å². The third-order valence-electron chi connectivity index (χ3n) is 6.31. The molecule has 5 rings (SSSR count). The Bertz CT molecular complexity index is 1870. The van der Waals surface area contributed by atoms with Crippen molar-refractivity contribution in [3.63, 3.8) is 0 Å². The van der Waals surface area contributed by atoms with Crippen LogP contribution in [0.1, 0.15) is 12.0 Å². The zero-order valence-electron chi connectivity index (χ0n) is 24.1. The zero-order valence-corrected chi connectivity index (χ0v) is 25.7. The highest BCUT2D eigenvalue weighted by Crippen LogP contribution is 2.39. The lowest BCUT2D eigenvalue weighted by atomic mass is 10.2. The summed E-state index contributed by atoms with van der Waals surface area (Å²) in [6.07, 6.45) is -9.31. The highest BCUT2D eigenvalue weighted by atomic mass is 35.5. The summed E-state index contributed by atoms with van der Waals surface area (Å²) in [6, 6.07) is 11.7. The number of benzene rings is 3. The minimum atomic E-state index is -4.85. The van der Waals surface area contributed by atoms with Gasteiger partial charge in [0.2, 0.25) is 0 Å². The van der Waals surface area contributed by atoms with E-state index in [4.69, 9.17) is 16.3 Å². The number of aromatic nitrogens is 3. The fourth-order valence-electron chi connectivity index (χ4n) is 4.20. The van der Waals surface area contributed by atoms with Gasteiger partial charge in [0.05, 0.1) is 30.1 Å². The Morgan fingerprint density at radius 3 is 2.46 bits per heavy atom. The first-order valence-electron chi connectivity index (χ1n) is 13.5. The molecule has 0 saturated carbocycles. The van der Waals surface area contributed by atoms with Gasteiger partial charge in [0.15, 0.2) is 15.7 Å². The Morgan fingerprint density at radius 1 is 1.06 bits per heavy atom. The van der Waals surface area contributed by atoms with Crippen molar-refractivity contribution in [3.8, 4) is 28.6 Å². The fourth-order valence-corrected chi connectivity index (χ4v) is 5.35. The lowest BCUT2D eigenvalue weighted by Crippen LogP contribution is -2.32. The summed E-state index contributed by atoms with van der Waals surface area (Å²) in [5.41, 5.74) is 0.857.